The van der Waals surface area contributed by atoms with Gasteiger partial charge >= 0.3 is 150 Å². The summed E-state index contributed by atoms with van der Waals surface area (Å²) in [5, 5.41) is 0. The van der Waals surface area contributed by atoms with Crippen molar-refractivity contribution in [1.82, 2.24) is 0 Å². The fourth-order valence-corrected chi connectivity index (χ4v) is 3.86. The topological polar surface area (TPSA) is 18.5 Å². The molecule has 138 valence electrons. The number of halogens is 2. The number of allylic oxidation sites excluding steroid dienone is 4. The van der Waals surface area contributed by atoms with E-state index in [0.29, 0.717) is 0 Å². The number of benzene rings is 1. The largest absolute Gasteiger partial charge is 1.00 e. The number of methoxy groups -OCH3 is 1. The van der Waals surface area contributed by atoms with Gasteiger partial charge in [0.05, 0.1) is 0 Å². The second-order valence-corrected chi connectivity index (χ2v) is 9.72. The van der Waals surface area contributed by atoms with Gasteiger partial charge in [-0.2, -0.15) is 0 Å². The van der Waals surface area contributed by atoms with Gasteiger partial charge in [0, 0.05) is 0 Å². The summed E-state index contributed by atoms with van der Waals surface area (Å²) in [5.41, 5.74) is 2.49. The maximum atomic E-state index is 6.47. The van der Waals surface area contributed by atoms with Crippen LogP contribution >= 0.6 is 0 Å². The third kappa shape index (κ3) is 6.85. The smallest absolute Gasteiger partial charge is 1.00 e. The first kappa shape index (κ1) is 25.5. The van der Waals surface area contributed by atoms with Gasteiger partial charge in [-0.25, -0.2) is 0 Å². The maximum Gasteiger partial charge on any atom is -1.00 e. The SMILES string of the molecule is COc1cc(C(C)(C)C)c([O][Ti+2][C]2=CC=CC2)c(C(C)(C)C)c1.[I-].[I-]. The molecule has 25 heavy (non-hydrogen) atoms. The van der Waals surface area contributed by atoms with E-state index in [4.69, 9.17) is 8.06 Å². The van der Waals surface area contributed by atoms with E-state index >= 15 is 0 Å². The minimum atomic E-state index is -0.593. The van der Waals surface area contributed by atoms with Gasteiger partial charge in [-0.3, -0.25) is 0 Å². The van der Waals surface area contributed by atoms with Crippen LogP contribution in [0.4, 0.5) is 0 Å². The molecule has 0 saturated carbocycles. The van der Waals surface area contributed by atoms with Crippen molar-refractivity contribution in [1.29, 1.82) is 0 Å². The Morgan fingerprint density at radius 3 is 1.80 bits per heavy atom. The molecule has 0 N–H and O–H groups in total. The van der Waals surface area contributed by atoms with Crippen LogP contribution in [0.25, 0.3) is 0 Å². The van der Waals surface area contributed by atoms with Crippen LogP contribution in [-0.2, 0) is 30.4 Å². The van der Waals surface area contributed by atoms with Gasteiger partial charge in [-0.05, 0) is 0 Å². The summed E-state index contributed by atoms with van der Waals surface area (Å²) in [6.45, 7) is 13.4. The first-order chi connectivity index (χ1) is 10.6. The normalized spacial score (nSPS) is 13.3. The van der Waals surface area contributed by atoms with Crippen molar-refractivity contribution in [2.45, 2.75) is 58.8 Å². The molecule has 0 aromatic heterocycles. The maximum absolute atomic E-state index is 6.47. The van der Waals surface area contributed by atoms with Crippen molar-refractivity contribution in [3.63, 3.8) is 0 Å². The Labute approximate surface area is 196 Å². The molecule has 2 nitrogen and oxygen atoms in total. The molecule has 1 aromatic carbocycles. The standard InChI is InChI=1S/C15H24O2.C5H5.2HI.Ti/c1-14(2,3)11-8-10(17-7)9-12(13(11)16)15(4,5)6;1-2-4-5-3-1;;;/h8-9,16H,1-7H3;1-3H,4H2;2*1H;/q;;;;+3/p-3. The fourth-order valence-electron chi connectivity index (χ4n) is 2.58. The summed E-state index contributed by atoms with van der Waals surface area (Å²) < 4.78 is 13.5. The number of rotatable bonds is 4. The molecule has 1 aliphatic carbocycles. The Hall–Kier alpha value is 0.474. The van der Waals surface area contributed by atoms with E-state index in [1.165, 1.54) is 15.0 Å². The van der Waals surface area contributed by atoms with Gasteiger partial charge in [-0.1, -0.05) is 0 Å². The summed E-state index contributed by atoms with van der Waals surface area (Å²) >= 11 is -0.593. The first-order valence-corrected chi connectivity index (χ1v) is 9.56. The molecule has 0 bridgehead atoms. The molecule has 0 saturated heterocycles. The summed E-state index contributed by atoms with van der Waals surface area (Å²) in [6, 6.07) is 4.27. The molecular weight excluding hydrogens is 574 g/mol. The first-order valence-electron chi connectivity index (χ1n) is 8.14. The average molecular weight is 602 g/mol. The van der Waals surface area contributed by atoms with Gasteiger partial charge in [0.1, 0.15) is 0 Å². The van der Waals surface area contributed by atoms with E-state index in [9.17, 15) is 0 Å². The molecule has 2 rings (SSSR count). The average Bonchev–Trinajstić information content (AvgIpc) is 2.95. The summed E-state index contributed by atoms with van der Waals surface area (Å²) in [4.78, 5) is 0. The van der Waals surface area contributed by atoms with Crippen molar-refractivity contribution in [2.24, 2.45) is 0 Å². The number of ether oxygens (including phenoxy) is 1. The molecule has 0 unspecified atom stereocenters. The molecule has 0 radical (unpaired) electrons. The van der Waals surface area contributed by atoms with Gasteiger partial charge in [-0.15, -0.1) is 0 Å². The second kappa shape index (κ2) is 10.1. The summed E-state index contributed by atoms with van der Waals surface area (Å²) in [5.74, 6) is 1.98. The number of hydrogen-bond acceptors (Lipinski definition) is 2. The molecule has 0 fully saturated rings. The van der Waals surface area contributed by atoms with Crippen molar-refractivity contribution in [3.8, 4) is 11.5 Å². The zero-order chi connectivity index (χ0) is 17.3. The van der Waals surface area contributed by atoms with E-state index in [1.54, 1.807) is 7.11 Å². The van der Waals surface area contributed by atoms with Gasteiger partial charge in [0.25, 0.3) is 0 Å². The Bertz CT molecular complexity index is 603. The van der Waals surface area contributed by atoms with Crippen molar-refractivity contribution >= 4 is 0 Å². The Balaban J connectivity index is 0.00000288. The monoisotopic (exact) mass is 602 g/mol. The summed E-state index contributed by atoms with van der Waals surface area (Å²) in [7, 11) is 1.73. The molecule has 0 amide bonds. The van der Waals surface area contributed by atoms with E-state index in [1.807, 2.05) is 0 Å². The van der Waals surface area contributed by atoms with Crippen LogP contribution < -0.4 is 56.0 Å². The van der Waals surface area contributed by atoms with E-state index < -0.39 is 19.5 Å². The Morgan fingerprint density at radius 1 is 0.920 bits per heavy atom. The molecule has 1 aromatic rings. The second-order valence-electron chi connectivity index (χ2n) is 8.08. The van der Waals surface area contributed by atoms with Crippen LogP contribution in [0.15, 0.2) is 34.2 Å². The minimum Gasteiger partial charge on any atom is -1.00 e. The minimum absolute atomic E-state index is 0. The predicted molar refractivity (Wildman–Crippen MR) is 92.9 cm³/mol. The molecule has 0 heterocycles. The van der Waals surface area contributed by atoms with Gasteiger partial charge in [0.2, 0.25) is 0 Å². The third-order valence-electron chi connectivity index (χ3n) is 3.97. The zero-order valence-electron chi connectivity index (χ0n) is 16.2. The van der Waals surface area contributed by atoms with Crippen molar-refractivity contribution < 1.29 is 75.5 Å². The van der Waals surface area contributed by atoms with Crippen LogP contribution in [0.1, 0.15) is 59.1 Å². The molecule has 1 aliphatic rings. The van der Waals surface area contributed by atoms with Crippen LogP contribution in [-0.4, -0.2) is 7.11 Å². The van der Waals surface area contributed by atoms with Crippen LogP contribution in [0.2, 0.25) is 0 Å². The van der Waals surface area contributed by atoms with E-state index in [-0.39, 0.29) is 58.8 Å². The van der Waals surface area contributed by atoms with Gasteiger partial charge in [0.15, 0.2) is 0 Å². The fraction of sp³-hybridized carbons (Fsp3) is 0.500. The molecule has 0 spiro atoms. The molecule has 0 aliphatic heterocycles. The number of hydrogen-bond donors (Lipinski definition) is 0. The van der Waals surface area contributed by atoms with E-state index in [2.05, 4.69) is 71.9 Å². The van der Waals surface area contributed by atoms with Gasteiger partial charge < -0.3 is 48.0 Å². The van der Waals surface area contributed by atoms with Crippen LogP contribution in [0.3, 0.4) is 0 Å². The van der Waals surface area contributed by atoms with Crippen molar-refractivity contribution in [2.75, 3.05) is 7.11 Å². The summed E-state index contributed by atoms with van der Waals surface area (Å²) in [6.07, 6.45) is 7.58. The molecule has 0 atom stereocenters. The van der Waals surface area contributed by atoms with Crippen molar-refractivity contribution in [3.05, 3.63) is 45.4 Å². The van der Waals surface area contributed by atoms with Crippen LogP contribution in [0.5, 0.6) is 11.5 Å². The molecular formula is C20H28I2O2Ti. The third-order valence-corrected chi connectivity index (χ3v) is 5.44. The predicted octanol–water partition coefficient (Wildman–Crippen LogP) is -0.482. The van der Waals surface area contributed by atoms with Crippen LogP contribution in [0, 0.1) is 0 Å². The zero-order valence-corrected chi connectivity index (χ0v) is 22.0. The Kier molecular flexibility index (Phi) is 10.3. The quantitative estimate of drug-likeness (QED) is 0.343. The Morgan fingerprint density at radius 2 is 1.44 bits per heavy atom. The molecule has 5 heteroatoms. The van der Waals surface area contributed by atoms with E-state index in [0.717, 1.165) is 17.9 Å².